The fraction of sp³-hybridized carbons (Fsp3) is 0.154. The molecule has 0 radical (unpaired) electrons. The van der Waals surface area contributed by atoms with Crippen LogP contribution in [0.15, 0.2) is 52.0 Å². The maximum absolute atomic E-state index is 12.0. The lowest BCUT2D eigenvalue weighted by molar-refractivity contribution is 0.0632. The molecule has 86 valence electrons. The Morgan fingerprint density at radius 1 is 1.35 bits per heavy atom. The first-order valence-electron chi connectivity index (χ1n) is 5.29. The van der Waals surface area contributed by atoms with Crippen molar-refractivity contribution in [1.29, 1.82) is 0 Å². The van der Waals surface area contributed by atoms with Gasteiger partial charge in [0.05, 0.1) is 5.56 Å². The summed E-state index contributed by atoms with van der Waals surface area (Å²) in [5.41, 5.74) is 0.656. The second kappa shape index (κ2) is 4.49. The van der Waals surface area contributed by atoms with Crippen LogP contribution < -0.4 is 0 Å². The van der Waals surface area contributed by atoms with Gasteiger partial charge in [-0.15, -0.1) is 0 Å². The average molecular weight is 356 g/mol. The smallest absolute Gasteiger partial charge is 0.344 e. The van der Waals surface area contributed by atoms with Crippen molar-refractivity contribution >= 4 is 40.3 Å². The molecule has 2 aliphatic rings. The van der Waals surface area contributed by atoms with Crippen LogP contribution in [0.4, 0.5) is 0 Å². The summed E-state index contributed by atoms with van der Waals surface area (Å²) in [5, 5.41) is 0. The number of benzene rings is 1. The number of ether oxygens (including phenoxy) is 1. The van der Waals surface area contributed by atoms with Gasteiger partial charge in [0, 0.05) is 13.7 Å². The quantitative estimate of drug-likeness (QED) is 0.400. The van der Waals surface area contributed by atoms with Crippen LogP contribution in [0.5, 0.6) is 0 Å². The van der Waals surface area contributed by atoms with Crippen LogP contribution in [-0.4, -0.2) is 9.89 Å². The molecule has 0 N–H and O–H groups in total. The summed E-state index contributed by atoms with van der Waals surface area (Å²) in [6.07, 6.45) is 4.95. The van der Waals surface area contributed by atoms with Crippen LogP contribution in [-0.2, 0) is 4.74 Å². The highest BCUT2D eigenvalue weighted by atomic mass is 127. The van der Waals surface area contributed by atoms with Crippen molar-refractivity contribution in [2.45, 2.75) is 15.2 Å². The minimum absolute atomic E-state index is 0.256. The highest BCUT2D eigenvalue weighted by Gasteiger charge is 2.27. The molecule has 1 aliphatic carbocycles. The molecule has 0 amide bonds. The molecular formula is C13H9IO2S. The van der Waals surface area contributed by atoms with Crippen molar-refractivity contribution in [2.75, 3.05) is 0 Å². The molecule has 0 saturated carbocycles. The molecule has 0 fully saturated rings. The van der Waals surface area contributed by atoms with E-state index in [1.165, 1.54) is 0 Å². The topological polar surface area (TPSA) is 26.3 Å². The van der Waals surface area contributed by atoms with Crippen molar-refractivity contribution in [2.24, 2.45) is 0 Å². The summed E-state index contributed by atoms with van der Waals surface area (Å²) in [7, 11) is 0. The number of allylic oxidation sites excluding steroid dienone is 3. The molecular weight excluding hydrogens is 347 g/mol. The van der Waals surface area contributed by atoms with Crippen LogP contribution in [0, 0.1) is 0 Å². The van der Waals surface area contributed by atoms with Crippen LogP contribution in [0.2, 0.25) is 0 Å². The molecule has 0 spiro atoms. The number of esters is 1. The largest absolute Gasteiger partial charge is 0.422 e. The Bertz CT molecular complexity index is 548. The Morgan fingerprint density at radius 3 is 3.06 bits per heavy atom. The molecule has 4 heteroatoms. The standard InChI is InChI=1S/C13H9IO2S/c14-9-5-3-6-10-12(9)17-11-7-2-1-4-8(11)13(15)16-10/h1-4,6-7,9H,5H2. The van der Waals surface area contributed by atoms with E-state index in [-0.39, 0.29) is 5.97 Å². The zero-order valence-corrected chi connectivity index (χ0v) is 11.8. The Balaban J connectivity index is 2.11. The second-order valence-corrected chi connectivity index (χ2v) is 6.41. The summed E-state index contributed by atoms with van der Waals surface area (Å²) < 4.78 is 5.83. The van der Waals surface area contributed by atoms with Crippen LogP contribution >= 0.6 is 34.4 Å². The normalized spacial score (nSPS) is 22.6. The highest BCUT2D eigenvalue weighted by Crippen LogP contribution is 2.42. The van der Waals surface area contributed by atoms with Crippen LogP contribution in [0.3, 0.4) is 0 Å². The number of halogens is 1. The number of carbonyl (C=O) groups excluding carboxylic acids is 1. The van der Waals surface area contributed by atoms with Gasteiger partial charge in [0.15, 0.2) is 0 Å². The van der Waals surface area contributed by atoms with E-state index in [2.05, 4.69) is 28.7 Å². The molecule has 0 saturated heterocycles. The van der Waals surface area contributed by atoms with E-state index in [0.717, 1.165) is 16.2 Å². The highest BCUT2D eigenvalue weighted by molar-refractivity contribution is 14.1. The van der Waals surface area contributed by atoms with E-state index in [9.17, 15) is 4.79 Å². The summed E-state index contributed by atoms with van der Waals surface area (Å²) in [6.45, 7) is 0. The maximum atomic E-state index is 12.0. The Hall–Kier alpha value is -0.750. The lowest BCUT2D eigenvalue weighted by atomic mass is 10.2. The van der Waals surface area contributed by atoms with Gasteiger partial charge >= 0.3 is 5.97 Å². The average Bonchev–Trinajstić information content (AvgIpc) is 2.47. The molecule has 1 heterocycles. The molecule has 0 aromatic heterocycles. The molecule has 1 aromatic rings. The van der Waals surface area contributed by atoms with Gasteiger partial charge in [-0.2, -0.15) is 0 Å². The van der Waals surface area contributed by atoms with Crippen molar-refractivity contribution in [3.05, 3.63) is 52.6 Å². The minimum Gasteiger partial charge on any atom is -0.422 e. The van der Waals surface area contributed by atoms with Crippen molar-refractivity contribution in [1.82, 2.24) is 0 Å². The SMILES string of the molecule is O=C1OC2=C(Sc3ccccc31)C(I)CC=C2. The van der Waals surface area contributed by atoms with Crippen molar-refractivity contribution in [3.63, 3.8) is 0 Å². The monoisotopic (exact) mass is 356 g/mol. The summed E-state index contributed by atoms with van der Waals surface area (Å²) in [4.78, 5) is 14.1. The Morgan fingerprint density at radius 2 is 2.18 bits per heavy atom. The zero-order chi connectivity index (χ0) is 11.8. The number of thioether (sulfide) groups is 1. The van der Waals surface area contributed by atoms with Gasteiger partial charge in [-0.3, -0.25) is 0 Å². The summed E-state index contributed by atoms with van der Waals surface area (Å²) in [5.74, 6) is 0.454. The summed E-state index contributed by atoms with van der Waals surface area (Å²) >= 11 is 4.04. The number of hydrogen-bond donors (Lipinski definition) is 0. The van der Waals surface area contributed by atoms with E-state index in [0.29, 0.717) is 15.2 Å². The molecule has 17 heavy (non-hydrogen) atoms. The Labute approximate surface area is 117 Å². The van der Waals surface area contributed by atoms with E-state index >= 15 is 0 Å². The van der Waals surface area contributed by atoms with Crippen LogP contribution in [0.25, 0.3) is 0 Å². The lowest BCUT2D eigenvalue weighted by Crippen LogP contribution is -2.08. The number of rotatable bonds is 0. The Kier molecular flexibility index (Phi) is 3.00. The van der Waals surface area contributed by atoms with Gasteiger partial charge in [0.2, 0.25) is 0 Å². The molecule has 1 aromatic carbocycles. The third-order valence-electron chi connectivity index (χ3n) is 2.67. The fourth-order valence-corrected chi connectivity index (χ4v) is 3.90. The third kappa shape index (κ3) is 2.04. The van der Waals surface area contributed by atoms with E-state index in [1.807, 2.05) is 30.3 Å². The van der Waals surface area contributed by atoms with E-state index in [4.69, 9.17) is 4.74 Å². The molecule has 1 unspecified atom stereocenters. The van der Waals surface area contributed by atoms with Crippen LogP contribution in [0.1, 0.15) is 16.8 Å². The van der Waals surface area contributed by atoms with E-state index < -0.39 is 0 Å². The van der Waals surface area contributed by atoms with Gasteiger partial charge in [-0.05, 0) is 24.6 Å². The first-order chi connectivity index (χ1) is 8.25. The fourth-order valence-electron chi connectivity index (χ4n) is 1.83. The molecule has 1 atom stereocenters. The maximum Gasteiger partial charge on any atom is 0.344 e. The lowest BCUT2D eigenvalue weighted by Gasteiger charge is -2.17. The first kappa shape index (κ1) is 11.3. The molecule has 2 nitrogen and oxygen atoms in total. The van der Waals surface area contributed by atoms with Gasteiger partial charge in [0.1, 0.15) is 5.76 Å². The number of hydrogen-bond acceptors (Lipinski definition) is 3. The van der Waals surface area contributed by atoms with Gasteiger partial charge < -0.3 is 4.74 Å². The van der Waals surface area contributed by atoms with Gasteiger partial charge in [0.25, 0.3) is 0 Å². The van der Waals surface area contributed by atoms with Crippen molar-refractivity contribution < 1.29 is 9.53 Å². The van der Waals surface area contributed by atoms with Crippen molar-refractivity contribution in [3.8, 4) is 0 Å². The molecule has 0 bridgehead atoms. The molecule has 3 rings (SSSR count). The van der Waals surface area contributed by atoms with Gasteiger partial charge in [-0.25, -0.2) is 4.79 Å². The zero-order valence-electron chi connectivity index (χ0n) is 8.85. The first-order valence-corrected chi connectivity index (χ1v) is 7.36. The number of fused-ring (bicyclic) bond motifs is 1. The van der Waals surface area contributed by atoms with Gasteiger partial charge in [-0.1, -0.05) is 52.6 Å². The minimum atomic E-state index is -0.256. The second-order valence-electron chi connectivity index (χ2n) is 3.82. The number of alkyl halides is 1. The number of carbonyl (C=O) groups is 1. The predicted octanol–water partition coefficient (Wildman–Crippen LogP) is 3.92. The molecule has 1 aliphatic heterocycles. The van der Waals surface area contributed by atoms with E-state index in [1.54, 1.807) is 11.8 Å². The predicted molar refractivity (Wildman–Crippen MR) is 76.3 cm³/mol. The third-order valence-corrected chi connectivity index (χ3v) is 5.50. The summed E-state index contributed by atoms with van der Waals surface area (Å²) in [6, 6.07) is 7.60.